The maximum absolute atomic E-state index is 7.18. The van der Waals surface area contributed by atoms with Crippen molar-refractivity contribution in [2.24, 2.45) is 0 Å². The summed E-state index contributed by atoms with van der Waals surface area (Å²) >= 11 is 7.18. The summed E-state index contributed by atoms with van der Waals surface area (Å²) in [5.41, 5.74) is 2.00. The van der Waals surface area contributed by atoms with E-state index in [1.807, 2.05) is 54.6 Å². The largest absolute Gasteiger partial charge is 1.00 e. The van der Waals surface area contributed by atoms with E-state index in [1.54, 1.807) is 0 Å². The molecule has 2 heteroatoms. The molecule has 3 aromatic rings. The van der Waals surface area contributed by atoms with Gasteiger partial charge in [-0.1, -0.05) is 91.0 Å². The Bertz CT molecular complexity index is 575. The van der Waals surface area contributed by atoms with E-state index in [-0.39, 0.29) is 1.43 Å². The smallest absolute Gasteiger partial charge is 0.371 e. The van der Waals surface area contributed by atoms with Crippen molar-refractivity contribution in [3.63, 3.8) is 0 Å². The molecular weight excluding hydrogens is 262 g/mol. The summed E-state index contributed by atoms with van der Waals surface area (Å²) in [7, 11) is 0. The Kier molecular flexibility index (Phi) is 3.62. The highest BCUT2D eigenvalue weighted by molar-refractivity contribution is 7.40. The van der Waals surface area contributed by atoms with E-state index in [4.69, 9.17) is 11.5 Å². The lowest BCUT2D eigenvalue weighted by Crippen LogP contribution is -2.62. The molecule has 0 aliphatic carbocycles. The molecule has 0 fully saturated rings. The van der Waals surface area contributed by atoms with Crippen LogP contribution in [0.1, 0.15) is 1.43 Å². The lowest BCUT2D eigenvalue weighted by Gasteiger charge is -2.37. The minimum Gasteiger partial charge on any atom is -0.371 e. The van der Waals surface area contributed by atoms with Crippen LogP contribution in [-0.4, -0.2) is 5.56 Å². The summed E-state index contributed by atoms with van der Waals surface area (Å²) < 4.78 is 0. The molecule has 0 radical (unpaired) electrons. The molecule has 0 aliphatic heterocycles. The Morgan fingerprint density at radius 1 is 0.500 bits per heavy atom. The zero-order valence-corrected chi connectivity index (χ0v) is 11.9. The molecule has 0 spiro atoms. The molecule has 0 saturated carbocycles. The van der Waals surface area contributed by atoms with Crippen molar-refractivity contribution in [3.05, 3.63) is 91.0 Å². The highest BCUT2D eigenvalue weighted by Gasteiger charge is 2.26. The van der Waals surface area contributed by atoms with Gasteiger partial charge >= 0.3 is 1.43 Å². The van der Waals surface area contributed by atoms with Crippen molar-refractivity contribution in [2.75, 3.05) is 0 Å². The maximum Gasteiger partial charge on any atom is 1.00 e. The number of hydrogen-bond donors (Lipinski definition) is 0. The fourth-order valence-corrected chi connectivity index (χ4v) is 3.17. The van der Waals surface area contributed by atoms with Crippen molar-refractivity contribution in [2.45, 2.75) is 0 Å². The third kappa shape index (κ3) is 2.25. The average molecular weight is 279 g/mol. The highest BCUT2D eigenvalue weighted by Crippen LogP contribution is 2.11. The molecule has 0 bridgehead atoms. The van der Waals surface area contributed by atoms with Crippen LogP contribution in [0.25, 0.3) is 0 Å². The van der Waals surface area contributed by atoms with Gasteiger partial charge in [0.2, 0.25) is 0 Å². The Hall–Kier alpha value is -1.99. The van der Waals surface area contributed by atoms with E-state index in [9.17, 15) is 0 Å². The first-order valence-corrected chi connectivity index (χ1v) is 7.25. The standard InChI is InChI=1S/C18H15BCl/c20-19(16-10-4-1-5-11-16,17-12-6-2-7-13-17)18-14-8-3-9-15-18/h1-15H/q-1/p+1. The minimum absolute atomic E-state index is 0. The summed E-state index contributed by atoms with van der Waals surface area (Å²) in [4.78, 5) is 0. The minimum atomic E-state index is -1.44. The fourth-order valence-electron chi connectivity index (χ4n) is 2.73. The van der Waals surface area contributed by atoms with E-state index in [0.29, 0.717) is 0 Å². The second kappa shape index (κ2) is 5.56. The van der Waals surface area contributed by atoms with Gasteiger partial charge in [-0.2, -0.15) is 16.4 Å². The molecule has 0 aromatic heterocycles. The van der Waals surface area contributed by atoms with Gasteiger partial charge in [0, 0.05) is 0 Å². The van der Waals surface area contributed by atoms with Gasteiger partial charge in [0.1, 0.15) is 0 Å². The van der Waals surface area contributed by atoms with Crippen LogP contribution >= 0.6 is 11.5 Å². The van der Waals surface area contributed by atoms with Crippen LogP contribution in [0.15, 0.2) is 91.0 Å². The molecule has 3 rings (SSSR count). The van der Waals surface area contributed by atoms with Gasteiger partial charge in [0.15, 0.2) is 5.56 Å². The second-order valence-corrected chi connectivity index (χ2v) is 5.65. The molecule has 98 valence electrons. The predicted molar refractivity (Wildman–Crippen MR) is 90.9 cm³/mol. The van der Waals surface area contributed by atoms with E-state index in [0.717, 1.165) is 16.4 Å². The third-order valence-corrected chi connectivity index (χ3v) is 4.53. The maximum atomic E-state index is 7.18. The first kappa shape index (κ1) is 13.0. The first-order chi connectivity index (χ1) is 9.82. The monoisotopic (exact) mass is 278 g/mol. The van der Waals surface area contributed by atoms with Gasteiger partial charge in [0.25, 0.3) is 0 Å². The average Bonchev–Trinajstić information content (AvgIpc) is 2.56. The third-order valence-electron chi connectivity index (χ3n) is 3.78. The normalized spacial score (nSPS) is 11.2. The summed E-state index contributed by atoms with van der Waals surface area (Å²) in [6, 6.07) is 30.9. The van der Waals surface area contributed by atoms with Crippen LogP contribution in [0.4, 0.5) is 0 Å². The van der Waals surface area contributed by atoms with Crippen molar-refractivity contribution in [1.82, 2.24) is 0 Å². The van der Waals surface area contributed by atoms with Crippen LogP contribution in [0, 0.1) is 0 Å². The Morgan fingerprint density at radius 3 is 1.00 bits per heavy atom. The van der Waals surface area contributed by atoms with Gasteiger partial charge in [-0.05, 0) is 0 Å². The molecule has 0 atom stereocenters. The SMILES string of the molecule is Cl[B-](c1ccccc1)(c1ccccc1)c1ccccc1.[H+]. The van der Waals surface area contributed by atoms with Crippen LogP contribution < -0.4 is 16.4 Å². The van der Waals surface area contributed by atoms with Gasteiger partial charge in [-0.15, -0.1) is 0 Å². The summed E-state index contributed by atoms with van der Waals surface area (Å²) in [5.74, 6) is 0. The van der Waals surface area contributed by atoms with E-state index < -0.39 is 5.56 Å². The number of benzene rings is 3. The molecule has 3 aromatic carbocycles. The Morgan fingerprint density at radius 2 is 0.750 bits per heavy atom. The lowest BCUT2D eigenvalue weighted by atomic mass is 9.35. The molecule has 0 amide bonds. The molecule has 0 saturated heterocycles. The van der Waals surface area contributed by atoms with Gasteiger partial charge < -0.3 is 11.5 Å². The first-order valence-electron chi connectivity index (χ1n) is 6.82. The van der Waals surface area contributed by atoms with Crippen LogP contribution in [0.2, 0.25) is 0 Å². The van der Waals surface area contributed by atoms with E-state index in [1.165, 1.54) is 0 Å². The molecule has 0 N–H and O–H groups in total. The van der Waals surface area contributed by atoms with Gasteiger partial charge in [-0.3, -0.25) is 0 Å². The van der Waals surface area contributed by atoms with Crippen molar-refractivity contribution >= 4 is 33.4 Å². The molecule has 0 nitrogen and oxygen atoms in total. The van der Waals surface area contributed by atoms with Crippen molar-refractivity contribution < 1.29 is 1.43 Å². The van der Waals surface area contributed by atoms with Gasteiger partial charge in [0.05, 0.1) is 0 Å². The van der Waals surface area contributed by atoms with E-state index in [2.05, 4.69) is 36.4 Å². The molecule has 20 heavy (non-hydrogen) atoms. The Balaban J connectivity index is 0.00000161. The van der Waals surface area contributed by atoms with Crippen LogP contribution in [-0.2, 0) is 0 Å². The number of rotatable bonds is 3. The fraction of sp³-hybridized carbons (Fsp3) is 0. The zero-order chi connectivity index (χ0) is 13.8. The number of hydrogen-bond acceptors (Lipinski definition) is 0. The molecule has 0 aliphatic rings. The zero-order valence-electron chi connectivity index (χ0n) is 12.1. The summed E-state index contributed by atoms with van der Waals surface area (Å²) in [6.45, 7) is 0. The molecule has 0 heterocycles. The summed E-state index contributed by atoms with van der Waals surface area (Å²) in [5, 5.41) is 0. The number of halogens is 1. The summed E-state index contributed by atoms with van der Waals surface area (Å²) in [6.07, 6.45) is 0. The van der Waals surface area contributed by atoms with Gasteiger partial charge in [-0.25, -0.2) is 0 Å². The quantitative estimate of drug-likeness (QED) is 0.646. The van der Waals surface area contributed by atoms with E-state index >= 15 is 0 Å². The van der Waals surface area contributed by atoms with Crippen molar-refractivity contribution in [1.29, 1.82) is 0 Å². The highest BCUT2D eigenvalue weighted by atomic mass is 35.5. The second-order valence-electron chi connectivity index (χ2n) is 4.99. The Labute approximate surface area is 126 Å². The topological polar surface area (TPSA) is 0 Å². The molecule has 0 unspecified atom stereocenters. The predicted octanol–water partition coefficient (Wildman–Crippen LogP) is 3.00. The van der Waals surface area contributed by atoms with Crippen LogP contribution in [0.3, 0.4) is 0 Å². The van der Waals surface area contributed by atoms with Crippen LogP contribution in [0.5, 0.6) is 0 Å². The van der Waals surface area contributed by atoms with Crippen molar-refractivity contribution in [3.8, 4) is 0 Å². The lowest BCUT2D eigenvalue weighted by molar-refractivity contribution is 1.70. The molecular formula is C18H16BCl.